The zero-order valence-electron chi connectivity index (χ0n) is 19.8. The van der Waals surface area contributed by atoms with Gasteiger partial charge in [0.2, 0.25) is 0 Å². The lowest BCUT2D eigenvalue weighted by atomic mass is 10.3. The fourth-order valence-corrected chi connectivity index (χ4v) is 4.63. The average Bonchev–Trinajstić information content (AvgIpc) is 3.29. The van der Waals surface area contributed by atoms with Crippen molar-refractivity contribution in [3.63, 3.8) is 0 Å². The minimum atomic E-state index is -4.04. The molecule has 1 aromatic heterocycles. The van der Waals surface area contributed by atoms with Gasteiger partial charge in [-0.3, -0.25) is 23.7 Å². The lowest BCUT2D eigenvalue weighted by Crippen LogP contribution is -2.36. The Kier molecular flexibility index (Phi) is 9.22. The van der Waals surface area contributed by atoms with Crippen LogP contribution in [-0.4, -0.2) is 40.9 Å². The van der Waals surface area contributed by atoms with E-state index in [1.807, 2.05) is 6.92 Å². The fraction of sp³-hybridized carbons (Fsp3) is 0.435. The number of carbonyl (C=O) groups is 1. The number of esters is 1. The molecule has 3 rings (SSSR count). The second kappa shape index (κ2) is 12.1. The van der Waals surface area contributed by atoms with E-state index in [0.29, 0.717) is 5.56 Å². The summed E-state index contributed by atoms with van der Waals surface area (Å²) >= 11 is 0. The van der Waals surface area contributed by atoms with E-state index in [0.717, 1.165) is 12.8 Å². The number of carbonyl (C=O) groups excluding carboxylic acids is 1. The molecule has 11 nitrogen and oxygen atoms in total. The lowest BCUT2D eigenvalue weighted by molar-refractivity contribution is -0.145. The molecule has 1 aliphatic heterocycles. The summed E-state index contributed by atoms with van der Waals surface area (Å²) in [5.41, 5.74) is -0.737. The van der Waals surface area contributed by atoms with E-state index >= 15 is 0 Å². The fourth-order valence-electron chi connectivity index (χ4n) is 3.13. The van der Waals surface area contributed by atoms with Gasteiger partial charge in [0.1, 0.15) is 17.9 Å². The van der Waals surface area contributed by atoms with Crippen LogP contribution in [0.2, 0.25) is 0 Å². The molecule has 0 radical (unpaired) electrons. The van der Waals surface area contributed by atoms with Crippen molar-refractivity contribution in [2.45, 2.75) is 52.0 Å². The number of unbranched alkanes of at least 4 members (excludes halogenated alkanes) is 1. The van der Waals surface area contributed by atoms with E-state index in [2.05, 4.69) is 10.1 Å². The quantitative estimate of drug-likeness (QED) is 0.192. The van der Waals surface area contributed by atoms with Gasteiger partial charge in [-0.2, -0.15) is 5.09 Å². The van der Waals surface area contributed by atoms with Crippen molar-refractivity contribution in [2.75, 3.05) is 13.2 Å². The summed E-state index contributed by atoms with van der Waals surface area (Å²) < 4.78 is 37.0. The molecule has 4 atom stereocenters. The van der Waals surface area contributed by atoms with Crippen LogP contribution in [0.4, 0.5) is 0 Å². The number of hydrogen-bond donors (Lipinski definition) is 2. The van der Waals surface area contributed by atoms with Gasteiger partial charge in [-0.1, -0.05) is 37.6 Å². The van der Waals surface area contributed by atoms with E-state index in [9.17, 15) is 18.9 Å². The first-order chi connectivity index (χ1) is 16.7. The number of H-pyrrole nitrogens is 1. The second-order valence-electron chi connectivity index (χ2n) is 8.00. The van der Waals surface area contributed by atoms with Gasteiger partial charge in [0.15, 0.2) is 6.23 Å². The van der Waals surface area contributed by atoms with Crippen LogP contribution in [0.5, 0.6) is 5.75 Å². The maximum atomic E-state index is 13.5. The number of aromatic nitrogens is 2. The molecule has 0 saturated carbocycles. The lowest BCUT2D eigenvalue weighted by Gasteiger charge is -2.24. The summed E-state index contributed by atoms with van der Waals surface area (Å²) in [6.07, 6.45) is 4.81. The van der Waals surface area contributed by atoms with Crippen molar-refractivity contribution in [1.82, 2.24) is 14.6 Å². The van der Waals surface area contributed by atoms with Crippen molar-refractivity contribution in [3.05, 3.63) is 75.1 Å². The van der Waals surface area contributed by atoms with Crippen LogP contribution in [0, 0.1) is 6.92 Å². The van der Waals surface area contributed by atoms with Crippen molar-refractivity contribution in [1.29, 1.82) is 0 Å². The van der Waals surface area contributed by atoms with E-state index < -0.39 is 43.3 Å². The molecule has 2 aromatic rings. The molecule has 1 unspecified atom stereocenters. The van der Waals surface area contributed by atoms with Gasteiger partial charge < -0.3 is 14.0 Å². The topological polar surface area (TPSA) is 138 Å². The number of para-hydroxylation sites is 1. The molecule has 2 N–H and O–H groups in total. The normalized spacial score (nSPS) is 19.7. The molecule has 0 bridgehead atoms. The van der Waals surface area contributed by atoms with Gasteiger partial charge in [-0.15, -0.1) is 0 Å². The largest absolute Gasteiger partial charge is 0.465 e. The second-order valence-corrected chi connectivity index (χ2v) is 9.69. The van der Waals surface area contributed by atoms with Crippen LogP contribution in [0.1, 0.15) is 38.5 Å². The highest BCUT2D eigenvalue weighted by Crippen LogP contribution is 2.45. The molecular formula is C23H30N3O8P. The number of aryl methyl sites for hydroxylation is 1. The highest BCUT2D eigenvalue weighted by molar-refractivity contribution is 7.52. The first-order valence-corrected chi connectivity index (χ1v) is 12.8. The Balaban J connectivity index is 1.67. The number of nitrogens with zero attached hydrogens (tertiary/aromatic N) is 1. The van der Waals surface area contributed by atoms with Gasteiger partial charge in [0.25, 0.3) is 5.56 Å². The van der Waals surface area contributed by atoms with Crippen molar-refractivity contribution < 1.29 is 27.9 Å². The monoisotopic (exact) mass is 507 g/mol. The molecule has 190 valence electrons. The Labute approximate surface area is 202 Å². The Morgan fingerprint density at radius 1 is 1.26 bits per heavy atom. The third-order valence-corrected chi connectivity index (χ3v) is 6.69. The minimum Gasteiger partial charge on any atom is -0.465 e. The Morgan fingerprint density at radius 2 is 2.00 bits per heavy atom. The summed E-state index contributed by atoms with van der Waals surface area (Å²) in [6, 6.07) is 7.44. The number of nitrogens with one attached hydrogen (secondary N) is 2. The van der Waals surface area contributed by atoms with E-state index in [4.69, 9.17) is 18.5 Å². The molecule has 0 aliphatic carbocycles. The molecule has 1 aliphatic rings. The molecule has 1 aromatic carbocycles. The van der Waals surface area contributed by atoms with Crippen LogP contribution in [-0.2, 0) is 23.4 Å². The number of rotatable bonds is 12. The van der Waals surface area contributed by atoms with Gasteiger partial charge in [-0.05, 0) is 38.5 Å². The molecular weight excluding hydrogens is 477 g/mol. The SMILES string of the molecule is CCCCOC(=O)[C@H](C)NP(=O)(OC[C@@H]1C=C[C@H](n2cc(C)c(=O)[nH]c2=O)O1)Oc1ccccc1. The zero-order valence-corrected chi connectivity index (χ0v) is 20.7. The van der Waals surface area contributed by atoms with Gasteiger partial charge in [0, 0.05) is 11.8 Å². The summed E-state index contributed by atoms with van der Waals surface area (Å²) in [6.45, 7) is 5.12. The summed E-state index contributed by atoms with van der Waals surface area (Å²) in [7, 11) is -4.04. The molecule has 0 fully saturated rings. The van der Waals surface area contributed by atoms with Gasteiger partial charge in [0.05, 0.1) is 13.2 Å². The standard InChI is InChI=1S/C23H30N3O8P/c1-4-5-13-31-22(28)17(3)25-35(30,34-18-9-7-6-8-10-18)32-15-19-11-12-20(33-19)26-14-16(2)21(27)24-23(26)29/h6-12,14,17,19-20H,4-5,13,15H2,1-3H3,(H,25,30)(H,24,27,29)/t17-,19-,20+,35?/m0/s1. The van der Waals surface area contributed by atoms with Crippen LogP contribution in [0.3, 0.4) is 0 Å². The van der Waals surface area contributed by atoms with Crippen LogP contribution < -0.4 is 20.9 Å². The van der Waals surface area contributed by atoms with Gasteiger partial charge >= 0.3 is 19.4 Å². The van der Waals surface area contributed by atoms with E-state index in [1.165, 1.54) is 17.7 Å². The number of benzene rings is 1. The predicted molar refractivity (Wildman–Crippen MR) is 128 cm³/mol. The first kappa shape index (κ1) is 26.6. The highest BCUT2D eigenvalue weighted by atomic mass is 31.2. The Morgan fingerprint density at radius 3 is 2.71 bits per heavy atom. The third-order valence-electron chi connectivity index (χ3n) is 5.05. The zero-order chi connectivity index (χ0) is 25.4. The maximum absolute atomic E-state index is 13.5. The molecule has 0 spiro atoms. The molecule has 2 heterocycles. The summed E-state index contributed by atoms with van der Waals surface area (Å²) in [5, 5.41) is 2.62. The number of ether oxygens (including phenoxy) is 2. The third kappa shape index (κ3) is 7.50. The molecule has 0 amide bonds. The van der Waals surface area contributed by atoms with Crippen molar-refractivity contribution >= 4 is 13.7 Å². The van der Waals surface area contributed by atoms with Crippen molar-refractivity contribution in [3.8, 4) is 5.75 Å². The molecule has 12 heteroatoms. The highest BCUT2D eigenvalue weighted by Gasteiger charge is 2.34. The summed E-state index contributed by atoms with van der Waals surface area (Å²) in [4.78, 5) is 38.2. The van der Waals surface area contributed by atoms with Gasteiger partial charge in [-0.25, -0.2) is 9.36 Å². The Hall–Kier alpha value is -2.98. The average molecular weight is 507 g/mol. The van der Waals surface area contributed by atoms with Crippen molar-refractivity contribution in [2.24, 2.45) is 0 Å². The number of aromatic amines is 1. The molecule has 35 heavy (non-hydrogen) atoms. The minimum absolute atomic E-state index is 0.196. The van der Waals surface area contributed by atoms with Crippen LogP contribution in [0.15, 0.2) is 58.3 Å². The Bertz CT molecular complexity index is 1190. The summed E-state index contributed by atoms with van der Waals surface area (Å²) in [5.74, 6) is -0.297. The van der Waals surface area contributed by atoms with E-state index in [-0.39, 0.29) is 19.0 Å². The smallest absolute Gasteiger partial charge is 0.459 e. The number of hydrogen-bond acceptors (Lipinski definition) is 8. The molecule has 0 saturated heterocycles. The first-order valence-electron chi connectivity index (χ1n) is 11.3. The maximum Gasteiger partial charge on any atom is 0.459 e. The van der Waals surface area contributed by atoms with Crippen LogP contribution in [0.25, 0.3) is 0 Å². The van der Waals surface area contributed by atoms with Crippen LogP contribution >= 0.6 is 7.75 Å². The van der Waals surface area contributed by atoms with E-state index in [1.54, 1.807) is 49.4 Å². The predicted octanol–water partition coefficient (Wildman–Crippen LogP) is 2.82.